The molecular formula is C13H24N4O. The third kappa shape index (κ3) is 4.87. The average Bonchev–Trinajstić information content (AvgIpc) is 2.24. The molecular weight excluding hydrogens is 228 g/mol. The van der Waals surface area contributed by atoms with E-state index in [0.29, 0.717) is 6.54 Å². The molecule has 1 rings (SSSR count). The number of aryl methyl sites for hydroxylation is 1. The van der Waals surface area contributed by atoms with Crippen molar-refractivity contribution in [3.05, 3.63) is 22.6 Å². The van der Waals surface area contributed by atoms with E-state index in [4.69, 9.17) is 0 Å². The molecule has 5 heteroatoms. The minimum Gasteiger partial charge on any atom is -0.376 e. The maximum atomic E-state index is 11.8. The number of rotatable bonds is 5. The van der Waals surface area contributed by atoms with E-state index in [0.717, 1.165) is 18.7 Å². The molecule has 0 unspecified atom stereocenters. The molecule has 0 aliphatic rings. The monoisotopic (exact) mass is 252 g/mol. The van der Waals surface area contributed by atoms with Crippen molar-refractivity contribution in [1.29, 1.82) is 0 Å². The molecule has 5 nitrogen and oxygen atoms in total. The summed E-state index contributed by atoms with van der Waals surface area (Å²) in [5, 5.41) is 7.56. The van der Waals surface area contributed by atoms with Gasteiger partial charge in [0.25, 0.3) is 5.56 Å². The Morgan fingerprint density at radius 1 is 1.39 bits per heavy atom. The molecule has 0 atom stereocenters. The largest absolute Gasteiger partial charge is 0.376 e. The minimum atomic E-state index is -0.0445. The zero-order chi connectivity index (χ0) is 13.8. The van der Waals surface area contributed by atoms with Gasteiger partial charge < -0.3 is 10.2 Å². The molecule has 102 valence electrons. The van der Waals surface area contributed by atoms with Gasteiger partial charge in [0.1, 0.15) is 0 Å². The first-order valence-electron chi connectivity index (χ1n) is 6.29. The summed E-state index contributed by atoms with van der Waals surface area (Å²) in [6.45, 7) is 7.92. The first-order valence-corrected chi connectivity index (χ1v) is 6.29. The van der Waals surface area contributed by atoms with Gasteiger partial charge >= 0.3 is 0 Å². The second-order valence-electron chi connectivity index (χ2n) is 5.70. The van der Waals surface area contributed by atoms with Crippen LogP contribution in [0.5, 0.6) is 0 Å². The first-order chi connectivity index (χ1) is 8.29. The fourth-order valence-electron chi connectivity index (χ4n) is 1.53. The van der Waals surface area contributed by atoms with Crippen LogP contribution >= 0.6 is 0 Å². The lowest BCUT2D eigenvalue weighted by atomic mass is 10.1. The van der Waals surface area contributed by atoms with Gasteiger partial charge in [-0.2, -0.15) is 5.10 Å². The number of hydrogen-bond acceptors (Lipinski definition) is 4. The highest BCUT2D eigenvalue weighted by molar-refractivity contribution is 5.40. The van der Waals surface area contributed by atoms with Crippen LogP contribution in [0.25, 0.3) is 0 Å². The molecule has 0 aliphatic carbocycles. The number of hydrogen-bond donors (Lipinski definition) is 1. The second kappa shape index (κ2) is 6.00. The van der Waals surface area contributed by atoms with Crippen LogP contribution in [0.2, 0.25) is 0 Å². The van der Waals surface area contributed by atoms with E-state index in [1.807, 2.05) is 19.0 Å². The van der Waals surface area contributed by atoms with Crippen molar-refractivity contribution >= 4 is 5.69 Å². The van der Waals surface area contributed by atoms with Crippen LogP contribution in [0.4, 0.5) is 5.69 Å². The average molecular weight is 252 g/mol. The summed E-state index contributed by atoms with van der Waals surface area (Å²) in [6, 6.07) is 1.62. The number of anilines is 1. The standard InChI is InChI=1S/C13H24N4O/c1-13(2,3)14-7-6-8-17-12(18)9-11(10-15-17)16(4)5/h9-10,14H,6-8H2,1-5H3. The molecule has 18 heavy (non-hydrogen) atoms. The Morgan fingerprint density at radius 2 is 2.06 bits per heavy atom. The van der Waals surface area contributed by atoms with E-state index in [2.05, 4.69) is 31.2 Å². The summed E-state index contributed by atoms with van der Waals surface area (Å²) in [6.07, 6.45) is 2.62. The Hall–Kier alpha value is -1.36. The molecule has 0 aliphatic heterocycles. The fraction of sp³-hybridized carbons (Fsp3) is 0.692. The van der Waals surface area contributed by atoms with Crippen LogP contribution in [0.3, 0.4) is 0 Å². The van der Waals surface area contributed by atoms with Crippen molar-refractivity contribution in [1.82, 2.24) is 15.1 Å². The van der Waals surface area contributed by atoms with Crippen LogP contribution in [-0.4, -0.2) is 36.0 Å². The van der Waals surface area contributed by atoms with Gasteiger partial charge in [0.2, 0.25) is 0 Å². The Labute approximate surface area is 109 Å². The van der Waals surface area contributed by atoms with Gasteiger partial charge in [-0.3, -0.25) is 4.79 Å². The SMILES string of the molecule is CN(C)c1cnn(CCCNC(C)(C)C)c(=O)c1. The van der Waals surface area contributed by atoms with Crippen molar-refractivity contribution in [3.8, 4) is 0 Å². The lowest BCUT2D eigenvalue weighted by molar-refractivity contribution is 0.406. The Balaban J connectivity index is 2.51. The maximum Gasteiger partial charge on any atom is 0.268 e. The van der Waals surface area contributed by atoms with E-state index < -0.39 is 0 Å². The van der Waals surface area contributed by atoms with Gasteiger partial charge in [0, 0.05) is 32.2 Å². The Bertz CT molecular complexity index is 431. The van der Waals surface area contributed by atoms with Crippen LogP contribution in [0.15, 0.2) is 17.1 Å². The summed E-state index contributed by atoms with van der Waals surface area (Å²) >= 11 is 0. The summed E-state index contributed by atoms with van der Waals surface area (Å²) in [5.41, 5.74) is 0.911. The van der Waals surface area contributed by atoms with Crippen molar-refractivity contribution in [3.63, 3.8) is 0 Å². The quantitative estimate of drug-likeness (QED) is 0.797. The highest BCUT2D eigenvalue weighted by atomic mass is 16.1. The van der Waals surface area contributed by atoms with Gasteiger partial charge in [0.05, 0.1) is 11.9 Å². The van der Waals surface area contributed by atoms with Crippen molar-refractivity contribution < 1.29 is 0 Å². The number of aromatic nitrogens is 2. The van der Waals surface area contributed by atoms with Gasteiger partial charge in [0.15, 0.2) is 0 Å². The van der Waals surface area contributed by atoms with Crippen LogP contribution < -0.4 is 15.8 Å². The van der Waals surface area contributed by atoms with E-state index >= 15 is 0 Å². The zero-order valence-corrected chi connectivity index (χ0v) is 12.0. The topological polar surface area (TPSA) is 50.2 Å². The van der Waals surface area contributed by atoms with E-state index in [-0.39, 0.29) is 11.1 Å². The predicted octanol–water partition coefficient (Wildman–Crippen LogP) is 1.09. The van der Waals surface area contributed by atoms with Gasteiger partial charge in [-0.1, -0.05) is 0 Å². The summed E-state index contributed by atoms with van der Waals surface area (Å²) < 4.78 is 1.51. The van der Waals surface area contributed by atoms with Crippen molar-refractivity contribution in [2.24, 2.45) is 0 Å². The van der Waals surface area contributed by atoms with Crippen LogP contribution in [-0.2, 0) is 6.54 Å². The smallest absolute Gasteiger partial charge is 0.268 e. The van der Waals surface area contributed by atoms with Gasteiger partial charge in [-0.05, 0) is 33.7 Å². The molecule has 1 aromatic rings. The van der Waals surface area contributed by atoms with E-state index in [1.165, 1.54) is 4.68 Å². The molecule has 0 saturated carbocycles. The lowest BCUT2D eigenvalue weighted by Crippen LogP contribution is -2.37. The summed E-state index contributed by atoms with van der Waals surface area (Å²) in [7, 11) is 3.79. The summed E-state index contributed by atoms with van der Waals surface area (Å²) in [5.74, 6) is 0. The number of nitrogens with one attached hydrogen (secondary N) is 1. The van der Waals surface area contributed by atoms with E-state index in [1.54, 1.807) is 12.3 Å². The third-order valence-corrected chi connectivity index (χ3v) is 2.57. The number of nitrogens with zero attached hydrogens (tertiary/aromatic N) is 3. The third-order valence-electron chi connectivity index (χ3n) is 2.57. The molecule has 0 spiro atoms. The molecule has 0 bridgehead atoms. The van der Waals surface area contributed by atoms with Crippen molar-refractivity contribution in [2.75, 3.05) is 25.5 Å². The lowest BCUT2D eigenvalue weighted by Gasteiger charge is -2.20. The molecule has 0 saturated heterocycles. The van der Waals surface area contributed by atoms with Crippen molar-refractivity contribution in [2.45, 2.75) is 39.3 Å². The van der Waals surface area contributed by atoms with Gasteiger partial charge in [-0.15, -0.1) is 0 Å². The van der Waals surface area contributed by atoms with E-state index in [9.17, 15) is 4.79 Å². The molecule has 1 heterocycles. The molecule has 1 aromatic heterocycles. The first kappa shape index (κ1) is 14.7. The Morgan fingerprint density at radius 3 is 2.56 bits per heavy atom. The highest BCUT2D eigenvalue weighted by Crippen LogP contribution is 2.03. The molecule has 0 amide bonds. The molecule has 0 aromatic carbocycles. The minimum absolute atomic E-state index is 0.0445. The Kier molecular flexibility index (Phi) is 4.90. The zero-order valence-electron chi connectivity index (χ0n) is 12.0. The maximum absolute atomic E-state index is 11.8. The fourth-order valence-corrected chi connectivity index (χ4v) is 1.53. The van der Waals surface area contributed by atoms with Crippen LogP contribution in [0, 0.1) is 0 Å². The highest BCUT2D eigenvalue weighted by Gasteiger charge is 2.07. The molecule has 0 radical (unpaired) electrons. The predicted molar refractivity (Wildman–Crippen MR) is 75.2 cm³/mol. The van der Waals surface area contributed by atoms with Crippen LogP contribution in [0.1, 0.15) is 27.2 Å². The molecule has 0 fully saturated rings. The summed E-state index contributed by atoms with van der Waals surface area (Å²) in [4.78, 5) is 13.7. The molecule has 1 N–H and O–H groups in total. The van der Waals surface area contributed by atoms with Gasteiger partial charge in [-0.25, -0.2) is 4.68 Å². The second-order valence-corrected chi connectivity index (χ2v) is 5.70. The normalized spacial score (nSPS) is 11.6.